The second kappa shape index (κ2) is 6.84. The van der Waals surface area contributed by atoms with Crippen LogP contribution >= 0.6 is 11.8 Å². The van der Waals surface area contributed by atoms with Gasteiger partial charge in [0, 0.05) is 6.54 Å². The van der Waals surface area contributed by atoms with Crippen LogP contribution in [0.5, 0.6) is 0 Å². The van der Waals surface area contributed by atoms with Crippen molar-refractivity contribution in [1.82, 2.24) is 14.9 Å². The Kier molecular flexibility index (Phi) is 4.42. The lowest BCUT2D eigenvalue weighted by molar-refractivity contribution is 0.357. The lowest BCUT2D eigenvalue weighted by Gasteiger charge is -2.23. The van der Waals surface area contributed by atoms with Crippen LogP contribution in [0.1, 0.15) is 32.1 Å². The van der Waals surface area contributed by atoms with Gasteiger partial charge in [0.1, 0.15) is 0 Å². The molecule has 1 aliphatic carbocycles. The monoisotopic (exact) mass is 343 g/mol. The van der Waals surface area contributed by atoms with E-state index in [4.69, 9.17) is 0 Å². The lowest BCUT2D eigenvalue weighted by Crippen LogP contribution is -2.33. The maximum atomic E-state index is 12.2. The van der Waals surface area contributed by atoms with Crippen LogP contribution in [0, 0.1) is 5.92 Å². The minimum atomic E-state index is -0.163. The normalized spacial score (nSPS) is 19.2. The van der Waals surface area contributed by atoms with Gasteiger partial charge in [-0.05, 0) is 30.9 Å². The highest BCUT2D eigenvalue weighted by Crippen LogP contribution is 2.23. The van der Waals surface area contributed by atoms with E-state index in [9.17, 15) is 4.79 Å². The summed E-state index contributed by atoms with van der Waals surface area (Å²) in [7, 11) is 0. The third-order valence-corrected chi connectivity index (χ3v) is 5.61. The zero-order valence-corrected chi connectivity index (χ0v) is 14.3. The lowest BCUT2D eigenvalue weighted by atomic mass is 9.89. The summed E-state index contributed by atoms with van der Waals surface area (Å²) in [5, 5.41) is 12.9. The van der Waals surface area contributed by atoms with Crippen molar-refractivity contribution in [2.45, 2.75) is 32.1 Å². The number of aromatic nitrogens is 2. The molecule has 2 N–H and O–H groups in total. The Hall–Kier alpha value is -2.02. The minimum absolute atomic E-state index is 0.163. The van der Waals surface area contributed by atoms with Crippen LogP contribution in [-0.2, 0) is 0 Å². The van der Waals surface area contributed by atoms with Gasteiger partial charge in [0.25, 0.3) is 0 Å². The van der Waals surface area contributed by atoms with Crippen LogP contribution in [0.15, 0.2) is 39.3 Å². The predicted molar refractivity (Wildman–Crippen MR) is 99.9 cm³/mol. The van der Waals surface area contributed by atoms with Gasteiger partial charge < -0.3 is 10.3 Å². The summed E-state index contributed by atoms with van der Waals surface area (Å²) in [5.74, 6) is 2.06. The smallest absolute Gasteiger partial charge is 0.332 e. The van der Waals surface area contributed by atoms with Gasteiger partial charge in [-0.15, -0.1) is 10.2 Å². The molecular weight excluding hydrogens is 322 g/mol. The standard InChI is InChI=1S/C17H21N5OS/c23-17-19-13-8-4-5-9-14(13)22(17)15-11-24-16(21-20-15)18-10-12-6-2-1-3-7-12/h4-5,8-9,12H,1-3,6-7,10-11H2,(H,18,21)(H,19,23). The maximum absolute atomic E-state index is 12.2. The van der Waals surface area contributed by atoms with Crippen LogP contribution in [0.3, 0.4) is 0 Å². The van der Waals surface area contributed by atoms with Crippen molar-refractivity contribution in [1.29, 1.82) is 0 Å². The van der Waals surface area contributed by atoms with E-state index in [0.717, 1.165) is 28.7 Å². The first-order valence-corrected chi connectivity index (χ1v) is 9.51. The van der Waals surface area contributed by atoms with Gasteiger partial charge in [0.15, 0.2) is 11.0 Å². The third kappa shape index (κ3) is 3.13. The Labute approximate surface area is 144 Å². The van der Waals surface area contributed by atoms with Crippen molar-refractivity contribution >= 4 is 33.8 Å². The van der Waals surface area contributed by atoms with E-state index in [1.54, 1.807) is 16.3 Å². The topological polar surface area (TPSA) is 74.5 Å². The average Bonchev–Trinajstić information content (AvgIpc) is 2.97. The second-order valence-electron chi connectivity index (χ2n) is 6.38. The molecule has 0 saturated heterocycles. The van der Waals surface area contributed by atoms with Gasteiger partial charge in [-0.3, -0.25) is 0 Å². The molecule has 0 spiro atoms. The van der Waals surface area contributed by atoms with Crippen LogP contribution in [0.2, 0.25) is 0 Å². The Morgan fingerprint density at radius 2 is 2.04 bits per heavy atom. The number of aromatic amines is 1. The Morgan fingerprint density at radius 3 is 2.83 bits per heavy atom. The number of imidazole rings is 1. The molecule has 1 saturated carbocycles. The van der Waals surface area contributed by atoms with Crippen molar-refractivity contribution in [3.05, 3.63) is 34.7 Å². The molecule has 2 aliphatic rings. The molecule has 126 valence electrons. The van der Waals surface area contributed by atoms with E-state index in [1.165, 1.54) is 32.1 Å². The number of nitrogens with zero attached hydrogens (tertiary/aromatic N) is 3. The molecule has 1 aromatic carbocycles. The molecule has 4 rings (SSSR count). The third-order valence-electron chi connectivity index (χ3n) is 4.71. The van der Waals surface area contributed by atoms with Crippen LogP contribution in [0.25, 0.3) is 11.0 Å². The van der Waals surface area contributed by atoms with Gasteiger partial charge in [0.2, 0.25) is 0 Å². The molecule has 6 nitrogen and oxygen atoms in total. The molecule has 1 aliphatic heterocycles. The Morgan fingerprint density at radius 1 is 1.21 bits per heavy atom. The highest BCUT2D eigenvalue weighted by atomic mass is 32.2. The molecule has 2 heterocycles. The van der Waals surface area contributed by atoms with Crippen LogP contribution in [0.4, 0.5) is 0 Å². The molecule has 0 bridgehead atoms. The van der Waals surface area contributed by atoms with Gasteiger partial charge in [-0.2, -0.15) is 0 Å². The van der Waals surface area contributed by atoms with Crippen molar-refractivity contribution in [2.75, 3.05) is 12.3 Å². The molecule has 0 amide bonds. The summed E-state index contributed by atoms with van der Waals surface area (Å²) in [5.41, 5.74) is 1.50. The Balaban J connectivity index is 1.49. The average molecular weight is 343 g/mol. The molecule has 1 fully saturated rings. The molecular formula is C17H21N5OS. The van der Waals surface area contributed by atoms with E-state index in [1.807, 2.05) is 24.3 Å². The summed E-state index contributed by atoms with van der Waals surface area (Å²) in [4.78, 5) is 15.1. The number of thioether (sulfide) groups is 1. The van der Waals surface area contributed by atoms with E-state index >= 15 is 0 Å². The molecule has 0 unspecified atom stereocenters. The summed E-state index contributed by atoms with van der Waals surface area (Å²) < 4.78 is 1.61. The zero-order valence-electron chi connectivity index (χ0n) is 13.5. The molecule has 1 aromatic heterocycles. The molecule has 0 radical (unpaired) electrons. The summed E-state index contributed by atoms with van der Waals surface area (Å²) in [6.45, 7) is 0.976. The largest absolute Gasteiger partial charge is 0.363 e. The fourth-order valence-electron chi connectivity index (χ4n) is 3.42. The van der Waals surface area contributed by atoms with Gasteiger partial charge in [-0.1, -0.05) is 43.2 Å². The van der Waals surface area contributed by atoms with Crippen LogP contribution in [-0.4, -0.2) is 32.9 Å². The van der Waals surface area contributed by atoms with Gasteiger partial charge >= 0.3 is 5.69 Å². The zero-order chi connectivity index (χ0) is 16.4. The highest BCUT2D eigenvalue weighted by Gasteiger charge is 2.18. The molecule has 0 atom stereocenters. The van der Waals surface area contributed by atoms with E-state index < -0.39 is 0 Å². The molecule has 2 aromatic rings. The van der Waals surface area contributed by atoms with Gasteiger partial charge in [0.05, 0.1) is 16.8 Å². The van der Waals surface area contributed by atoms with E-state index in [-0.39, 0.29) is 5.69 Å². The van der Waals surface area contributed by atoms with Crippen LogP contribution < -0.4 is 11.0 Å². The first-order valence-electron chi connectivity index (χ1n) is 8.52. The van der Waals surface area contributed by atoms with Crippen molar-refractivity contribution in [2.24, 2.45) is 16.1 Å². The summed E-state index contributed by atoms with van der Waals surface area (Å²) in [6.07, 6.45) is 6.68. The SMILES string of the molecule is O=c1[nH]c2ccccc2n1C1=NN=C(NCC2CCCCC2)SC1. The first-order chi connectivity index (χ1) is 11.8. The minimum Gasteiger partial charge on any atom is -0.363 e. The quantitative estimate of drug-likeness (QED) is 0.880. The number of nitrogens with one attached hydrogen (secondary N) is 2. The van der Waals surface area contributed by atoms with Crippen molar-refractivity contribution in [3.8, 4) is 0 Å². The van der Waals surface area contributed by atoms with Gasteiger partial charge in [-0.25, -0.2) is 9.36 Å². The first kappa shape index (κ1) is 15.5. The fourth-order valence-corrected chi connectivity index (χ4v) is 4.16. The number of para-hydroxylation sites is 2. The summed E-state index contributed by atoms with van der Waals surface area (Å²) >= 11 is 1.61. The predicted octanol–water partition coefficient (Wildman–Crippen LogP) is 2.76. The number of fused-ring (bicyclic) bond motifs is 1. The number of rotatable bonds is 2. The number of hydrogen-bond donors (Lipinski definition) is 2. The van der Waals surface area contributed by atoms with E-state index in [0.29, 0.717) is 11.6 Å². The summed E-state index contributed by atoms with van der Waals surface area (Å²) in [6, 6.07) is 7.64. The maximum Gasteiger partial charge on any atom is 0.332 e. The van der Waals surface area contributed by atoms with Crippen molar-refractivity contribution < 1.29 is 0 Å². The fraction of sp³-hybridized carbons (Fsp3) is 0.471. The van der Waals surface area contributed by atoms with Crippen molar-refractivity contribution in [3.63, 3.8) is 0 Å². The molecule has 7 heteroatoms. The molecule has 24 heavy (non-hydrogen) atoms. The number of H-pyrrole nitrogens is 1. The number of amidine groups is 1. The highest BCUT2D eigenvalue weighted by molar-refractivity contribution is 8.14. The number of benzene rings is 1. The number of hydrogen-bond acceptors (Lipinski definition) is 5. The second-order valence-corrected chi connectivity index (χ2v) is 7.34. The Bertz CT molecular complexity index is 844. The van der Waals surface area contributed by atoms with E-state index in [2.05, 4.69) is 20.5 Å².